The van der Waals surface area contributed by atoms with E-state index in [-0.39, 0.29) is 17.8 Å². The van der Waals surface area contributed by atoms with Crippen LogP contribution in [-0.2, 0) is 14.3 Å². The molecule has 1 atom stereocenters. The number of carbonyl (C=O) groups is 2. The van der Waals surface area contributed by atoms with E-state index in [1.807, 2.05) is 0 Å². The summed E-state index contributed by atoms with van der Waals surface area (Å²) in [7, 11) is 0. The Balaban J connectivity index is 2.02. The zero-order chi connectivity index (χ0) is 17.6. The highest BCUT2D eigenvalue weighted by Crippen LogP contribution is 2.23. The summed E-state index contributed by atoms with van der Waals surface area (Å²) in [4.78, 5) is 24.0. The molecule has 0 aromatic carbocycles. The molecule has 4 nitrogen and oxygen atoms in total. The van der Waals surface area contributed by atoms with Gasteiger partial charge < -0.3 is 10.1 Å². The van der Waals surface area contributed by atoms with Gasteiger partial charge in [-0.15, -0.1) is 0 Å². The Morgan fingerprint density at radius 3 is 2.17 bits per heavy atom. The Morgan fingerprint density at radius 1 is 0.958 bits per heavy atom. The Bertz CT molecular complexity index is 351. The van der Waals surface area contributed by atoms with Gasteiger partial charge in [0.15, 0.2) is 0 Å². The number of ether oxygens (including phenoxy) is 1. The number of rotatable bonds is 12. The molecule has 4 heteroatoms. The van der Waals surface area contributed by atoms with Crippen LogP contribution in [0, 0.1) is 5.92 Å². The van der Waals surface area contributed by atoms with Crippen LogP contribution >= 0.6 is 0 Å². The van der Waals surface area contributed by atoms with Gasteiger partial charge in [-0.3, -0.25) is 4.79 Å². The molecule has 0 aromatic heterocycles. The van der Waals surface area contributed by atoms with Crippen molar-refractivity contribution in [3.63, 3.8) is 0 Å². The summed E-state index contributed by atoms with van der Waals surface area (Å²) in [6.07, 6.45) is 15.2. The fourth-order valence-corrected chi connectivity index (χ4v) is 3.29. The van der Waals surface area contributed by atoms with Crippen molar-refractivity contribution in [2.24, 2.45) is 5.92 Å². The lowest BCUT2D eigenvalue weighted by Crippen LogP contribution is -2.43. The molecule has 0 bridgehead atoms. The molecule has 24 heavy (non-hydrogen) atoms. The van der Waals surface area contributed by atoms with Crippen LogP contribution in [-0.4, -0.2) is 24.5 Å². The first-order chi connectivity index (χ1) is 11.6. The third-order valence-electron chi connectivity index (χ3n) is 4.93. The molecule has 0 aliphatic heterocycles. The first kappa shape index (κ1) is 21.0. The van der Waals surface area contributed by atoms with Crippen LogP contribution in [0.3, 0.4) is 0 Å². The minimum atomic E-state index is -0.534. The average Bonchev–Trinajstić information content (AvgIpc) is 2.60. The van der Waals surface area contributed by atoms with Gasteiger partial charge in [0.1, 0.15) is 6.04 Å². The molecule has 1 aliphatic rings. The molecule has 0 aromatic rings. The zero-order valence-corrected chi connectivity index (χ0v) is 15.8. The SMILES string of the molecule is CCCCCCCCCCOC(=O)[C@H](C)NC(=O)C1CCCCC1. The molecule has 0 unspecified atom stereocenters. The van der Waals surface area contributed by atoms with Crippen molar-refractivity contribution in [1.29, 1.82) is 0 Å². The Morgan fingerprint density at radius 2 is 1.54 bits per heavy atom. The number of unbranched alkanes of at least 4 members (excludes halogenated alkanes) is 7. The average molecular weight is 340 g/mol. The van der Waals surface area contributed by atoms with E-state index in [1.165, 1.54) is 44.9 Å². The smallest absolute Gasteiger partial charge is 0.328 e. The van der Waals surface area contributed by atoms with Crippen molar-refractivity contribution in [1.82, 2.24) is 5.32 Å². The standard InChI is InChI=1S/C20H37NO3/c1-3-4-5-6-7-8-9-13-16-24-20(23)17(2)21-19(22)18-14-11-10-12-15-18/h17-18H,3-16H2,1-2H3,(H,21,22)/t17-/m0/s1. The van der Waals surface area contributed by atoms with Crippen LogP contribution in [0.4, 0.5) is 0 Å². The monoisotopic (exact) mass is 339 g/mol. The summed E-state index contributed by atoms with van der Waals surface area (Å²) >= 11 is 0. The third-order valence-corrected chi connectivity index (χ3v) is 4.93. The van der Waals surface area contributed by atoms with E-state index in [2.05, 4.69) is 12.2 Å². The number of carbonyl (C=O) groups excluding carboxylic acids is 2. The minimum Gasteiger partial charge on any atom is -0.464 e. The van der Waals surface area contributed by atoms with Crippen molar-refractivity contribution in [2.45, 2.75) is 103 Å². The minimum absolute atomic E-state index is 0.0197. The van der Waals surface area contributed by atoms with Gasteiger partial charge in [-0.1, -0.05) is 71.1 Å². The molecule has 1 amide bonds. The van der Waals surface area contributed by atoms with Crippen LogP contribution in [0.25, 0.3) is 0 Å². The summed E-state index contributed by atoms with van der Waals surface area (Å²) < 4.78 is 5.28. The van der Waals surface area contributed by atoms with Crippen molar-refractivity contribution < 1.29 is 14.3 Å². The molecular weight excluding hydrogens is 302 g/mol. The topological polar surface area (TPSA) is 55.4 Å². The van der Waals surface area contributed by atoms with Crippen molar-refractivity contribution in [3.8, 4) is 0 Å². The van der Waals surface area contributed by atoms with Crippen molar-refractivity contribution in [3.05, 3.63) is 0 Å². The van der Waals surface area contributed by atoms with Crippen molar-refractivity contribution in [2.75, 3.05) is 6.61 Å². The second-order valence-corrected chi connectivity index (χ2v) is 7.21. The van der Waals surface area contributed by atoms with E-state index in [1.54, 1.807) is 6.92 Å². The van der Waals surface area contributed by atoms with Gasteiger partial charge in [0.2, 0.25) is 5.91 Å². The molecule has 1 fully saturated rings. The fraction of sp³-hybridized carbons (Fsp3) is 0.900. The van der Waals surface area contributed by atoms with Gasteiger partial charge in [-0.2, -0.15) is 0 Å². The molecule has 1 N–H and O–H groups in total. The molecule has 1 saturated carbocycles. The normalized spacial score (nSPS) is 16.6. The third kappa shape index (κ3) is 9.29. The summed E-state index contributed by atoms with van der Waals surface area (Å²) in [5.74, 6) is -0.199. The van der Waals surface area contributed by atoms with Gasteiger partial charge in [-0.25, -0.2) is 4.79 Å². The van der Waals surface area contributed by atoms with Gasteiger partial charge in [0.05, 0.1) is 6.61 Å². The van der Waals surface area contributed by atoms with Crippen LogP contribution < -0.4 is 5.32 Å². The number of hydrogen-bond donors (Lipinski definition) is 1. The summed E-state index contributed by atoms with van der Waals surface area (Å²) in [5.41, 5.74) is 0. The number of amides is 1. The maximum absolute atomic E-state index is 12.1. The van der Waals surface area contributed by atoms with Crippen LogP contribution in [0.5, 0.6) is 0 Å². The highest BCUT2D eigenvalue weighted by Gasteiger charge is 2.24. The quantitative estimate of drug-likeness (QED) is 0.412. The van der Waals surface area contributed by atoms with E-state index < -0.39 is 6.04 Å². The lowest BCUT2D eigenvalue weighted by atomic mass is 9.88. The van der Waals surface area contributed by atoms with Gasteiger partial charge in [0, 0.05) is 5.92 Å². The first-order valence-electron chi connectivity index (χ1n) is 10.1. The van der Waals surface area contributed by atoms with Gasteiger partial charge >= 0.3 is 5.97 Å². The highest BCUT2D eigenvalue weighted by molar-refractivity contribution is 5.85. The van der Waals surface area contributed by atoms with E-state index in [9.17, 15) is 9.59 Å². The Labute approximate surface area is 148 Å². The first-order valence-corrected chi connectivity index (χ1v) is 10.1. The predicted molar refractivity (Wildman–Crippen MR) is 97.7 cm³/mol. The maximum atomic E-state index is 12.1. The largest absolute Gasteiger partial charge is 0.464 e. The molecular formula is C20H37NO3. The molecule has 0 heterocycles. The lowest BCUT2D eigenvalue weighted by molar-refractivity contribution is -0.148. The van der Waals surface area contributed by atoms with Crippen molar-refractivity contribution >= 4 is 11.9 Å². The molecule has 0 saturated heterocycles. The molecule has 0 spiro atoms. The summed E-state index contributed by atoms with van der Waals surface area (Å²) in [5, 5.41) is 2.82. The van der Waals surface area contributed by atoms with E-state index in [4.69, 9.17) is 4.74 Å². The summed E-state index contributed by atoms with van der Waals surface area (Å²) in [6.45, 7) is 4.42. The van der Waals surface area contributed by atoms with Crippen LogP contribution in [0.1, 0.15) is 97.3 Å². The van der Waals surface area contributed by atoms with Crippen LogP contribution in [0.2, 0.25) is 0 Å². The van der Waals surface area contributed by atoms with E-state index in [0.717, 1.165) is 38.5 Å². The zero-order valence-electron chi connectivity index (χ0n) is 15.8. The van der Waals surface area contributed by atoms with Gasteiger partial charge in [0.25, 0.3) is 0 Å². The Kier molecular flexibility index (Phi) is 11.6. The number of nitrogens with one attached hydrogen (secondary N) is 1. The van der Waals surface area contributed by atoms with E-state index in [0.29, 0.717) is 6.61 Å². The maximum Gasteiger partial charge on any atom is 0.328 e. The number of hydrogen-bond acceptors (Lipinski definition) is 3. The number of esters is 1. The second-order valence-electron chi connectivity index (χ2n) is 7.21. The molecule has 1 rings (SSSR count). The second kappa shape index (κ2) is 13.3. The van der Waals surface area contributed by atoms with Gasteiger partial charge in [-0.05, 0) is 26.2 Å². The predicted octanol–water partition coefficient (Wildman–Crippen LogP) is 4.76. The lowest BCUT2D eigenvalue weighted by Gasteiger charge is -2.22. The van der Waals surface area contributed by atoms with Crippen LogP contribution in [0.15, 0.2) is 0 Å². The van der Waals surface area contributed by atoms with E-state index >= 15 is 0 Å². The highest BCUT2D eigenvalue weighted by atomic mass is 16.5. The molecule has 140 valence electrons. The molecule has 0 radical (unpaired) electrons. The molecule has 1 aliphatic carbocycles. The summed E-state index contributed by atoms with van der Waals surface area (Å²) in [6, 6.07) is -0.534. The fourth-order valence-electron chi connectivity index (χ4n) is 3.29. The Hall–Kier alpha value is -1.06.